The van der Waals surface area contributed by atoms with Crippen LogP contribution in [0.3, 0.4) is 0 Å². The second-order valence-electron chi connectivity index (χ2n) is 4.90. The van der Waals surface area contributed by atoms with Crippen molar-refractivity contribution in [2.45, 2.75) is 31.9 Å². The molecule has 1 aliphatic carbocycles. The van der Waals surface area contributed by atoms with Crippen molar-refractivity contribution in [3.8, 4) is 5.75 Å². The summed E-state index contributed by atoms with van der Waals surface area (Å²) in [5, 5.41) is 11.4. The molecule has 1 amide bonds. The van der Waals surface area contributed by atoms with Gasteiger partial charge in [0.1, 0.15) is 0 Å². The van der Waals surface area contributed by atoms with Crippen molar-refractivity contribution in [1.29, 1.82) is 0 Å². The Kier molecular flexibility index (Phi) is 4.22. The van der Waals surface area contributed by atoms with Gasteiger partial charge in [-0.2, -0.15) is 0 Å². The van der Waals surface area contributed by atoms with E-state index in [1.165, 1.54) is 25.1 Å². The van der Waals surface area contributed by atoms with Crippen LogP contribution in [0.25, 0.3) is 0 Å². The molecular formula is C14H16FNO4. The van der Waals surface area contributed by atoms with Crippen LogP contribution in [-0.4, -0.2) is 29.1 Å². The maximum absolute atomic E-state index is 13.4. The van der Waals surface area contributed by atoms with Gasteiger partial charge < -0.3 is 15.2 Å². The van der Waals surface area contributed by atoms with Crippen LogP contribution in [0.15, 0.2) is 24.3 Å². The van der Waals surface area contributed by atoms with E-state index in [-0.39, 0.29) is 23.6 Å². The highest BCUT2D eigenvalue weighted by molar-refractivity contribution is 5.81. The third kappa shape index (κ3) is 3.26. The molecule has 1 aromatic carbocycles. The van der Waals surface area contributed by atoms with Crippen LogP contribution in [0.2, 0.25) is 0 Å². The summed E-state index contributed by atoms with van der Waals surface area (Å²) >= 11 is 0. The number of hydrogen-bond acceptors (Lipinski definition) is 3. The third-order valence-electron chi connectivity index (χ3n) is 3.34. The summed E-state index contributed by atoms with van der Waals surface area (Å²) in [5.41, 5.74) is 0. The lowest BCUT2D eigenvalue weighted by molar-refractivity contribution is -0.146. The number of amides is 1. The van der Waals surface area contributed by atoms with Gasteiger partial charge in [0.15, 0.2) is 17.7 Å². The highest BCUT2D eigenvalue weighted by Crippen LogP contribution is 2.27. The topological polar surface area (TPSA) is 75.6 Å². The zero-order valence-electron chi connectivity index (χ0n) is 11.0. The number of aliphatic carboxylic acids is 1. The first-order chi connectivity index (χ1) is 9.47. The molecule has 108 valence electrons. The quantitative estimate of drug-likeness (QED) is 0.859. The average molecular weight is 281 g/mol. The zero-order valence-corrected chi connectivity index (χ0v) is 11.0. The van der Waals surface area contributed by atoms with Crippen LogP contribution in [0.4, 0.5) is 4.39 Å². The SMILES string of the molecule is CC(Oc1ccccc1F)C(=O)NC1CC(C(=O)O)C1. The van der Waals surface area contributed by atoms with Crippen LogP contribution >= 0.6 is 0 Å². The summed E-state index contributed by atoms with van der Waals surface area (Å²) in [4.78, 5) is 22.5. The van der Waals surface area contributed by atoms with Gasteiger partial charge in [0.05, 0.1) is 5.92 Å². The van der Waals surface area contributed by atoms with E-state index in [9.17, 15) is 14.0 Å². The smallest absolute Gasteiger partial charge is 0.306 e. The van der Waals surface area contributed by atoms with Crippen molar-refractivity contribution in [1.82, 2.24) is 5.32 Å². The summed E-state index contributed by atoms with van der Waals surface area (Å²) in [6.45, 7) is 1.52. The van der Waals surface area contributed by atoms with Crippen molar-refractivity contribution < 1.29 is 23.8 Å². The Bertz CT molecular complexity index is 514. The normalized spacial score (nSPS) is 22.5. The molecule has 20 heavy (non-hydrogen) atoms. The second-order valence-corrected chi connectivity index (χ2v) is 4.90. The molecule has 0 aromatic heterocycles. The van der Waals surface area contributed by atoms with E-state index in [1.54, 1.807) is 6.07 Å². The fourth-order valence-corrected chi connectivity index (χ4v) is 2.04. The Morgan fingerprint density at radius 1 is 1.40 bits per heavy atom. The highest BCUT2D eigenvalue weighted by atomic mass is 19.1. The summed E-state index contributed by atoms with van der Waals surface area (Å²) in [6.07, 6.45) is 0.0110. The first-order valence-corrected chi connectivity index (χ1v) is 6.41. The molecule has 1 aliphatic rings. The lowest BCUT2D eigenvalue weighted by atomic mass is 9.80. The Morgan fingerprint density at radius 3 is 2.65 bits per heavy atom. The molecule has 1 unspecified atom stereocenters. The van der Waals surface area contributed by atoms with Gasteiger partial charge >= 0.3 is 5.97 Å². The molecule has 1 atom stereocenters. The van der Waals surface area contributed by atoms with E-state index in [0.29, 0.717) is 12.8 Å². The molecule has 0 spiro atoms. The number of carbonyl (C=O) groups excluding carboxylic acids is 1. The number of carboxylic acid groups (broad SMARTS) is 1. The maximum atomic E-state index is 13.4. The van der Waals surface area contributed by atoms with Crippen LogP contribution in [0.1, 0.15) is 19.8 Å². The van der Waals surface area contributed by atoms with Crippen LogP contribution < -0.4 is 10.1 Å². The molecule has 0 saturated heterocycles. The average Bonchev–Trinajstić information content (AvgIpc) is 2.35. The lowest BCUT2D eigenvalue weighted by Gasteiger charge is -2.33. The third-order valence-corrected chi connectivity index (χ3v) is 3.34. The Balaban J connectivity index is 1.81. The molecule has 0 aliphatic heterocycles. The van der Waals surface area contributed by atoms with Crippen molar-refractivity contribution in [2.75, 3.05) is 0 Å². The van der Waals surface area contributed by atoms with Gasteiger partial charge in [-0.05, 0) is 31.9 Å². The molecule has 1 saturated carbocycles. The fourth-order valence-electron chi connectivity index (χ4n) is 2.04. The van der Waals surface area contributed by atoms with E-state index < -0.39 is 17.9 Å². The highest BCUT2D eigenvalue weighted by Gasteiger charge is 2.36. The Hall–Kier alpha value is -2.11. The van der Waals surface area contributed by atoms with E-state index in [1.807, 2.05) is 0 Å². The molecule has 2 N–H and O–H groups in total. The maximum Gasteiger partial charge on any atom is 0.306 e. The number of carbonyl (C=O) groups is 2. The fraction of sp³-hybridized carbons (Fsp3) is 0.429. The summed E-state index contributed by atoms with van der Waals surface area (Å²) < 4.78 is 18.6. The van der Waals surface area contributed by atoms with Gasteiger partial charge in [-0.15, -0.1) is 0 Å². The Morgan fingerprint density at radius 2 is 2.05 bits per heavy atom. The van der Waals surface area contributed by atoms with Crippen molar-refractivity contribution in [3.63, 3.8) is 0 Å². The standard InChI is InChI=1S/C14H16FNO4/c1-8(20-12-5-3-2-4-11(12)15)13(17)16-10-6-9(7-10)14(18)19/h2-5,8-10H,6-7H2,1H3,(H,16,17)(H,18,19). The molecular weight excluding hydrogens is 265 g/mol. The molecule has 6 heteroatoms. The van der Waals surface area contributed by atoms with Crippen LogP contribution in [0.5, 0.6) is 5.75 Å². The van der Waals surface area contributed by atoms with Gasteiger partial charge in [0, 0.05) is 6.04 Å². The monoisotopic (exact) mass is 281 g/mol. The lowest BCUT2D eigenvalue weighted by Crippen LogP contribution is -2.50. The van der Waals surface area contributed by atoms with Gasteiger partial charge in [0.25, 0.3) is 5.91 Å². The van der Waals surface area contributed by atoms with Gasteiger partial charge in [-0.1, -0.05) is 12.1 Å². The number of benzene rings is 1. The van der Waals surface area contributed by atoms with Gasteiger partial charge in [0.2, 0.25) is 0 Å². The minimum absolute atomic E-state index is 0.0205. The molecule has 2 rings (SSSR count). The summed E-state index contributed by atoms with van der Waals surface area (Å²) in [7, 11) is 0. The molecule has 0 bridgehead atoms. The number of halogens is 1. The predicted octanol–water partition coefficient (Wildman–Crippen LogP) is 1.57. The van der Waals surface area contributed by atoms with Crippen molar-refractivity contribution in [2.24, 2.45) is 5.92 Å². The molecule has 1 fully saturated rings. The zero-order chi connectivity index (χ0) is 14.7. The minimum atomic E-state index is -0.842. The number of nitrogens with one attached hydrogen (secondary N) is 1. The number of ether oxygens (including phenoxy) is 1. The first-order valence-electron chi connectivity index (χ1n) is 6.41. The van der Waals surface area contributed by atoms with E-state index in [2.05, 4.69) is 5.32 Å². The summed E-state index contributed by atoms with van der Waals surface area (Å²) in [6, 6.07) is 5.71. The van der Waals surface area contributed by atoms with E-state index in [0.717, 1.165) is 0 Å². The Labute approximate surface area is 115 Å². The van der Waals surface area contributed by atoms with Crippen LogP contribution in [0, 0.1) is 11.7 Å². The minimum Gasteiger partial charge on any atom is -0.481 e. The molecule has 5 nitrogen and oxygen atoms in total. The van der Waals surface area contributed by atoms with Crippen molar-refractivity contribution >= 4 is 11.9 Å². The number of para-hydroxylation sites is 1. The first kappa shape index (κ1) is 14.3. The molecule has 0 radical (unpaired) electrons. The van der Waals surface area contributed by atoms with Crippen LogP contribution in [-0.2, 0) is 9.59 Å². The molecule has 0 heterocycles. The van der Waals surface area contributed by atoms with Crippen molar-refractivity contribution in [3.05, 3.63) is 30.1 Å². The molecule has 1 aromatic rings. The summed E-state index contributed by atoms with van der Waals surface area (Å²) in [5.74, 6) is -2.11. The number of carboxylic acids is 1. The largest absolute Gasteiger partial charge is 0.481 e. The second kappa shape index (κ2) is 5.90. The van der Waals surface area contributed by atoms with Gasteiger partial charge in [-0.25, -0.2) is 4.39 Å². The van der Waals surface area contributed by atoms with E-state index in [4.69, 9.17) is 9.84 Å². The van der Waals surface area contributed by atoms with E-state index >= 15 is 0 Å². The number of rotatable bonds is 5. The predicted molar refractivity (Wildman–Crippen MR) is 68.8 cm³/mol. The van der Waals surface area contributed by atoms with Gasteiger partial charge in [-0.3, -0.25) is 9.59 Å². The number of hydrogen-bond donors (Lipinski definition) is 2.